The van der Waals surface area contributed by atoms with Gasteiger partial charge in [0, 0.05) is 76.5 Å². The molecule has 0 heterocycles. The van der Waals surface area contributed by atoms with Crippen LogP contribution in [0, 0.1) is 41.5 Å². The third kappa shape index (κ3) is 14.5. The minimum Gasteiger partial charge on any atom is -0.336 e. The molecule has 3 aliphatic carbocycles. The lowest BCUT2D eigenvalue weighted by atomic mass is 9.80. The van der Waals surface area contributed by atoms with Gasteiger partial charge in [-0.1, -0.05) is 290 Å². The predicted octanol–water partition coefficient (Wildman–Crippen LogP) is 32.1. The van der Waals surface area contributed by atoms with Crippen LogP contribution >= 0.6 is 0 Å². The average molecular weight is 1540 g/mol. The maximum atomic E-state index is 8.57. The quantitative estimate of drug-likeness (QED) is 0.128. The number of aryl methyl sites for hydroxylation is 6. The standard InChI is InChI=1S/2C39H39N.C37H37N/c1-26-20-21-29(28-14-9-8-10-15-28)24-37(26)40(38(3,4)5)31-17-13-16-30(23-31)33-25-36-34(22-27(33)2)32-18-11-12-19-35(32)39(36,6)7;1-26-17-18-30(28-13-9-8-10-14-28)24-37(26)40(38(3,4)5)31-21-19-29(20-22-31)33-25-36-34(23-27(33)2)32-15-11-12-16-35(32)39(36,6)7;1-24-14-8-13-19-34(24)38(36(3,4)5)35-21-20-27(26-15-9-10-17-29(26)35)30-23-33-31(22-25(30)2)28-16-11-12-18-32(28)37(33,6)7/h2*8-25H,1-7H3;8-23H,1-7H3/i;;2D3. The third-order valence-electron chi connectivity index (χ3n) is 25.3. The molecule has 3 nitrogen and oxygen atoms in total. The van der Waals surface area contributed by atoms with Crippen molar-refractivity contribution in [1.29, 1.82) is 0 Å². The van der Waals surface area contributed by atoms with Gasteiger partial charge in [0.2, 0.25) is 0 Å². The molecule has 0 N–H and O–H groups in total. The lowest BCUT2D eigenvalue weighted by Gasteiger charge is -2.39. The zero-order chi connectivity index (χ0) is 85.8. The zero-order valence-electron chi connectivity index (χ0n) is 75.9. The van der Waals surface area contributed by atoms with Crippen molar-refractivity contribution in [2.45, 2.75) is 178 Å². The highest BCUT2D eigenvalue weighted by atomic mass is 15.2. The van der Waals surface area contributed by atoms with Crippen molar-refractivity contribution in [3.05, 3.63) is 382 Å². The summed E-state index contributed by atoms with van der Waals surface area (Å²) in [6, 6.07) is 114. The van der Waals surface area contributed by atoms with Crippen molar-refractivity contribution < 1.29 is 4.11 Å². The van der Waals surface area contributed by atoms with E-state index in [1.807, 2.05) is 18.2 Å². The lowest BCUT2D eigenvalue weighted by Crippen LogP contribution is -2.38. The molecule has 0 saturated heterocycles. The van der Waals surface area contributed by atoms with Gasteiger partial charge in [-0.25, -0.2) is 0 Å². The normalized spacial score (nSPS) is 14.2. The van der Waals surface area contributed by atoms with Crippen LogP contribution < -0.4 is 14.7 Å². The van der Waals surface area contributed by atoms with E-state index in [-0.39, 0.29) is 32.9 Å². The Balaban J connectivity index is 0.000000135. The van der Waals surface area contributed by atoms with Gasteiger partial charge >= 0.3 is 0 Å². The van der Waals surface area contributed by atoms with Gasteiger partial charge in [0.1, 0.15) is 0 Å². The number of nitrogens with zero attached hydrogens (tertiary/aromatic N) is 3. The Hall–Kier alpha value is -12.0. The maximum Gasteiger partial charge on any atom is 0.0495 e. The van der Waals surface area contributed by atoms with E-state index in [1.54, 1.807) is 0 Å². The first-order valence-corrected chi connectivity index (χ1v) is 42.2. The smallest absolute Gasteiger partial charge is 0.0495 e. The molecule has 15 aromatic rings. The molecule has 0 fully saturated rings. The predicted molar refractivity (Wildman–Crippen MR) is 510 cm³/mol. The van der Waals surface area contributed by atoms with Gasteiger partial charge in [-0.15, -0.1) is 0 Å². The van der Waals surface area contributed by atoms with Gasteiger partial charge in [0.15, 0.2) is 0 Å². The molecule has 0 spiro atoms. The Morgan fingerprint density at radius 3 is 1.06 bits per heavy atom. The fourth-order valence-electron chi connectivity index (χ4n) is 19.4. The molecule has 0 amide bonds. The fourth-order valence-corrected chi connectivity index (χ4v) is 19.4. The summed E-state index contributed by atoms with van der Waals surface area (Å²) >= 11 is 0. The van der Waals surface area contributed by atoms with Crippen molar-refractivity contribution in [2.24, 2.45) is 0 Å². The van der Waals surface area contributed by atoms with Gasteiger partial charge in [-0.05, 0) is 332 Å². The minimum atomic E-state index is -2.26. The maximum absolute atomic E-state index is 8.57. The largest absolute Gasteiger partial charge is 0.336 e. The highest BCUT2D eigenvalue weighted by Gasteiger charge is 2.40. The molecule has 0 saturated carbocycles. The van der Waals surface area contributed by atoms with Gasteiger partial charge in [0.25, 0.3) is 0 Å². The summed E-state index contributed by atoms with van der Waals surface area (Å²) in [7, 11) is 0. The summed E-state index contributed by atoms with van der Waals surface area (Å²) in [5.74, 6) is 0. The number of hydrogen-bond donors (Lipinski definition) is 0. The molecule has 18 rings (SSSR count). The van der Waals surface area contributed by atoms with Crippen LogP contribution in [0.25, 0.3) is 99.8 Å². The van der Waals surface area contributed by atoms with E-state index in [9.17, 15) is 0 Å². The molecular weight excluding hydrogens is 1420 g/mol. The first-order chi connectivity index (χ1) is 57.4. The molecule has 0 aromatic heterocycles. The minimum absolute atomic E-state index is 0.00134. The molecular formula is C115H115N3. The summed E-state index contributed by atoms with van der Waals surface area (Å²) in [5, 5.41) is 2.15. The third-order valence-corrected chi connectivity index (χ3v) is 25.3. The topological polar surface area (TPSA) is 9.72 Å². The Kier molecular flexibility index (Phi) is 19.6. The van der Waals surface area contributed by atoms with Crippen LogP contribution in [0.15, 0.2) is 315 Å². The molecule has 0 aliphatic heterocycles. The van der Waals surface area contributed by atoms with Crippen LogP contribution in [0.2, 0.25) is 0 Å². The molecule has 3 heteroatoms. The van der Waals surface area contributed by atoms with Crippen LogP contribution in [-0.4, -0.2) is 16.6 Å². The van der Waals surface area contributed by atoms with E-state index in [0.29, 0.717) is 5.56 Å². The Morgan fingerprint density at radius 1 is 0.212 bits per heavy atom. The van der Waals surface area contributed by atoms with Crippen molar-refractivity contribution in [2.75, 3.05) is 14.7 Å². The van der Waals surface area contributed by atoms with Gasteiger partial charge < -0.3 is 14.7 Å². The van der Waals surface area contributed by atoms with Crippen LogP contribution in [-0.2, 0) is 16.2 Å². The second kappa shape index (κ2) is 30.5. The SMILES string of the molecule is Cc1cc2c(cc1-c1ccc(N(c3cc(-c4ccccc4)ccc3C)C(C)(C)C)cc1)C(C)(C)c1ccccc1-2.Cc1cc2c(cc1-c1cccc(N(c3cc(-c4ccccc4)ccc3C)C(C)(C)C)c1)C(C)(C)c1ccccc1-2.[2H]C([2H])([2H])c1cc2c(cc1-c1ccc(N(c3ccccc3C)C(C)(C)C)c3ccccc13)C(C)(C)c1ccccc1-2. The van der Waals surface area contributed by atoms with Gasteiger partial charge in [0.05, 0.1) is 0 Å². The molecule has 3 aliphatic rings. The average Bonchev–Trinajstić information content (AvgIpc) is 1.80. The Labute approximate surface area is 708 Å². The number of para-hydroxylation sites is 1. The van der Waals surface area contributed by atoms with Crippen molar-refractivity contribution in [1.82, 2.24) is 0 Å². The zero-order valence-corrected chi connectivity index (χ0v) is 72.9. The van der Waals surface area contributed by atoms with Crippen molar-refractivity contribution in [3.8, 4) is 89.0 Å². The lowest BCUT2D eigenvalue weighted by molar-refractivity contribution is 0.559. The fraction of sp³-hybridized carbons (Fsp3) is 0.235. The Bertz CT molecular complexity index is 6470. The number of hydrogen-bond acceptors (Lipinski definition) is 3. The number of benzene rings is 15. The second-order valence-electron chi connectivity index (χ2n) is 37.7. The van der Waals surface area contributed by atoms with Gasteiger partial charge in [-0.2, -0.15) is 0 Å². The summed E-state index contributed by atoms with van der Waals surface area (Å²) < 4.78 is 25.7. The van der Waals surface area contributed by atoms with Gasteiger partial charge in [-0.3, -0.25) is 0 Å². The van der Waals surface area contributed by atoms with E-state index in [2.05, 4.69) is 450 Å². The van der Waals surface area contributed by atoms with Crippen LogP contribution in [0.5, 0.6) is 0 Å². The van der Waals surface area contributed by atoms with Crippen LogP contribution in [0.3, 0.4) is 0 Å². The number of rotatable bonds is 11. The van der Waals surface area contributed by atoms with E-state index in [0.717, 1.165) is 44.4 Å². The highest BCUT2D eigenvalue weighted by molar-refractivity contribution is 6.06. The van der Waals surface area contributed by atoms with Crippen LogP contribution in [0.1, 0.15) is 175 Å². The van der Waals surface area contributed by atoms with Crippen molar-refractivity contribution >= 4 is 44.9 Å². The van der Waals surface area contributed by atoms with E-state index >= 15 is 0 Å². The van der Waals surface area contributed by atoms with E-state index < -0.39 is 6.85 Å². The van der Waals surface area contributed by atoms with Crippen LogP contribution in [0.4, 0.5) is 34.1 Å². The number of fused-ring (bicyclic) bond motifs is 10. The number of anilines is 6. The molecule has 0 radical (unpaired) electrons. The molecule has 590 valence electrons. The molecule has 15 aromatic carbocycles. The molecule has 0 bridgehead atoms. The first-order valence-electron chi connectivity index (χ1n) is 43.7. The summed E-state index contributed by atoms with van der Waals surface area (Å²) in [6.45, 7) is 43.2. The summed E-state index contributed by atoms with van der Waals surface area (Å²) in [5.41, 5.74) is 40.9. The summed E-state index contributed by atoms with van der Waals surface area (Å²) in [4.78, 5) is 7.39. The molecule has 0 atom stereocenters. The summed E-state index contributed by atoms with van der Waals surface area (Å²) in [6.07, 6.45) is 0. The van der Waals surface area contributed by atoms with Crippen molar-refractivity contribution in [3.63, 3.8) is 0 Å². The highest BCUT2D eigenvalue weighted by Crippen LogP contribution is 2.55. The second-order valence-corrected chi connectivity index (χ2v) is 37.7. The Morgan fingerprint density at radius 2 is 0.593 bits per heavy atom. The first kappa shape index (κ1) is 76.0. The monoisotopic (exact) mass is 1540 g/mol. The molecule has 0 unspecified atom stereocenters. The molecule has 118 heavy (non-hydrogen) atoms. The van der Waals surface area contributed by atoms with E-state index in [4.69, 9.17) is 4.11 Å². The van der Waals surface area contributed by atoms with E-state index in [1.165, 1.54) is 151 Å².